The minimum Gasteiger partial charge on any atom is -0.127 e. The Morgan fingerprint density at radius 3 is 0.625 bits per heavy atom. The molecule has 0 heterocycles. The lowest BCUT2D eigenvalue weighted by Gasteiger charge is -2.05. The maximum absolute atomic E-state index is 3.47. The summed E-state index contributed by atoms with van der Waals surface area (Å²) in [7, 11) is -6.05. The van der Waals surface area contributed by atoms with E-state index in [-0.39, 0.29) is 0 Å². The van der Waals surface area contributed by atoms with Crippen molar-refractivity contribution in [2.24, 2.45) is 0 Å². The molecule has 0 fully saturated rings. The van der Waals surface area contributed by atoms with Crippen molar-refractivity contribution in [3.05, 3.63) is 141 Å². The van der Waals surface area contributed by atoms with Crippen molar-refractivity contribution < 1.29 is 0 Å². The van der Waals surface area contributed by atoms with E-state index in [1.807, 2.05) is 48.5 Å². The molecule has 0 aromatic heterocycles. The van der Waals surface area contributed by atoms with E-state index in [0.717, 1.165) is 55.6 Å². The van der Waals surface area contributed by atoms with Crippen LogP contribution in [0.3, 0.4) is 0 Å². The molecule has 0 bridgehead atoms. The van der Waals surface area contributed by atoms with E-state index in [1.54, 1.807) is 0 Å². The van der Waals surface area contributed by atoms with Crippen molar-refractivity contribution in [2.45, 2.75) is 78.6 Å². The molecule has 0 nitrogen and oxygen atoms in total. The molecular formula is C52H50Si4. The van der Waals surface area contributed by atoms with Crippen LogP contribution in [0.25, 0.3) is 0 Å². The summed E-state index contributed by atoms with van der Waals surface area (Å²) in [5.41, 5.74) is 23.2. The summed E-state index contributed by atoms with van der Waals surface area (Å²) in [6.45, 7) is 27.0. The van der Waals surface area contributed by atoms with Crippen LogP contribution in [0, 0.1) is 93.2 Å². The number of benzene rings is 4. The van der Waals surface area contributed by atoms with Crippen LogP contribution in [0.4, 0.5) is 0 Å². The molecule has 0 unspecified atom stereocenters. The lowest BCUT2D eigenvalue weighted by molar-refractivity contribution is 1.55. The van der Waals surface area contributed by atoms with Gasteiger partial charge in [-0.1, -0.05) is 138 Å². The van der Waals surface area contributed by atoms with Crippen LogP contribution >= 0.6 is 0 Å². The van der Waals surface area contributed by atoms with Crippen LogP contribution in [-0.4, -0.2) is 32.3 Å². The van der Waals surface area contributed by atoms with Crippen molar-refractivity contribution in [2.75, 3.05) is 0 Å². The zero-order chi connectivity index (χ0) is 41.0. The Labute approximate surface area is 342 Å². The molecule has 4 rings (SSSR count). The fourth-order valence-corrected chi connectivity index (χ4v) is 6.57. The molecule has 274 valence electrons. The zero-order valence-corrected chi connectivity index (χ0v) is 39.1. The maximum atomic E-state index is 3.47. The molecule has 0 aliphatic rings. The van der Waals surface area contributed by atoms with E-state index in [0.29, 0.717) is 0 Å². The minimum atomic E-state index is -1.51. The third kappa shape index (κ3) is 17.1. The monoisotopic (exact) mass is 786 g/mol. The van der Waals surface area contributed by atoms with Gasteiger partial charge in [-0.15, -0.1) is 22.2 Å². The van der Waals surface area contributed by atoms with Gasteiger partial charge in [-0.05, 0) is 96.8 Å². The van der Waals surface area contributed by atoms with Gasteiger partial charge in [0.1, 0.15) is 32.3 Å². The molecule has 4 aromatic rings. The number of hydrogen-bond acceptors (Lipinski definition) is 0. The Morgan fingerprint density at radius 2 is 0.411 bits per heavy atom. The van der Waals surface area contributed by atoms with Gasteiger partial charge in [0, 0.05) is 55.6 Å². The number of rotatable bonds is 0. The first kappa shape index (κ1) is 43.0. The van der Waals surface area contributed by atoms with Crippen LogP contribution in [-0.2, 0) is 0 Å². The highest BCUT2D eigenvalue weighted by Gasteiger charge is 2.11. The molecular weight excluding hydrogens is 737 g/mol. The molecule has 0 aliphatic heterocycles. The first-order valence-electron chi connectivity index (χ1n) is 18.9. The highest BCUT2D eigenvalue weighted by Crippen LogP contribution is 2.13. The van der Waals surface area contributed by atoms with Gasteiger partial charge < -0.3 is 0 Å². The highest BCUT2D eigenvalue weighted by atomic mass is 28.3. The summed E-state index contributed by atoms with van der Waals surface area (Å²) in [4.78, 5) is 0. The van der Waals surface area contributed by atoms with E-state index in [4.69, 9.17) is 0 Å². The van der Waals surface area contributed by atoms with Crippen LogP contribution < -0.4 is 0 Å². The van der Waals surface area contributed by atoms with Gasteiger partial charge in [-0.3, -0.25) is 0 Å². The Balaban J connectivity index is 1.46. The van der Waals surface area contributed by atoms with Gasteiger partial charge in [-0.2, -0.15) is 0 Å². The Morgan fingerprint density at radius 1 is 0.232 bits per heavy atom. The fourth-order valence-electron chi connectivity index (χ4n) is 4.50. The third-order valence-corrected chi connectivity index (χ3v) is 10.6. The summed E-state index contributed by atoms with van der Waals surface area (Å²) in [6, 6.07) is 28.3. The zero-order valence-electron chi connectivity index (χ0n) is 35.1. The lowest BCUT2D eigenvalue weighted by Crippen LogP contribution is -2.16. The average Bonchev–Trinajstić information content (AvgIpc) is 3.11. The summed E-state index contributed by atoms with van der Waals surface area (Å²) in [5.74, 6) is 39.0. The lowest BCUT2D eigenvalue weighted by atomic mass is 10.1. The van der Waals surface area contributed by atoms with Crippen molar-refractivity contribution in [3.63, 3.8) is 0 Å². The summed E-state index contributed by atoms with van der Waals surface area (Å²) in [6.07, 6.45) is 0. The average molecular weight is 787 g/mol. The summed E-state index contributed by atoms with van der Waals surface area (Å²) >= 11 is 0. The molecule has 0 saturated carbocycles. The van der Waals surface area contributed by atoms with E-state index in [9.17, 15) is 0 Å². The van der Waals surface area contributed by atoms with Crippen LogP contribution in [0.15, 0.2) is 84.9 Å². The molecule has 4 aromatic carbocycles. The molecule has 0 radical (unpaired) electrons. The van der Waals surface area contributed by atoms with Crippen molar-refractivity contribution in [1.82, 2.24) is 0 Å². The van der Waals surface area contributed by atoms with Crippen LogP contribution in [0.2, 0.25) is 78.6 Å². The van der Waals surface area contributed by atoms with Gasteiger partial charge in [0.2, 0.25) is 0 Å². The molecule has 56 heavy (non-hydrogen) atoms. The van der Waals surface area contributed by atoms with Crippen LogP contribution in [0.5, 0.6) is 0 Å². The Hall–Kier alpha value is -5.77. The second kappa shape index (κ2) is 18.7. The predicted molar refractivity (Wildman–Crippen MR) is 252 cm³/mol. The summed E-state index contributed by atoms with van der Waals surface area (Å²) < 4.78 is 0. The summed E-state index contributed by atoms with van der Waals surface area (Å²) in [5, 5.41) is 0. The standard InChI is InChI=1S/C52H50Si4/c1-53(2,3)33-29-49-37-47(38-50(41-49)30-34-54(4,5)6)27-25-45-21-17-43(18-22-45)15-13-14-16-44-19-23-46(24-20-44)26-28-48-39-51(31-35-55(7,8)9)42-52(40-48)32-36-56(10,11)12/h17-24,37-42H,1-12H3. The first-order chi connectivity index (χ1) is 26.2. The molecule has 0 spiro atoms. The van der Waals surface area contributed by atoms with Crippen LogP contribution in [0.1, 0.15) is 55.6 Å². The largest absolute Gasteiger partial charge is 0.129 e. The van der Waals surface area contributed by atoms with E-state index >= 15 is 0 Å². The molecule has 0 aliphatic carbocycles. The molecule has 0 atom stereocenters. The smallest absolute Gasteiger partial charge is 0.127 e. The van der Waals surface area contributed by atoms with Crippen molar-refractivity contribution >= 4 is 32.3 Å². The van der Waals surface area contributed by atoms with Gasteiger partial charge in [0.25, 0.3) is 0 Å². The second-order valence-electron chi connectivity index (χ2n) is 17.8. The number of hydrogen-bond donors (Lipinski definition) is 0. The van der Waals surface area contributed by atoms with E-state index < -0.39 is 32.3 Å². The first-order valence-corrected chi connectivity index (χ1v) is 32.9. The van der Waals surface area contributed by atoms with Gasteiger partial charge in [0.05, 0.1) is 0 Å². The molecule has 0 amide bonds. The Kier molecular flexibility index (Phi) is 14.4. The van der Waals surface area contributed by atoms with Gasteiger partial charge >= 0.3 is 0 Å². The SMILES string of the molecule is C[Si](C)(C)C#Cc1cc(C#Cc2ccc(C#CC#Cc3ccc(C#Cc4cc(C#C[Si](C)(C)C)cc(C#C[Si](C)(C)C)c4)cc3)cc2)cc(C#C[Si](C)(C)C)c1. The second-order valence-corrected chi connectivity index (χ2v) is 36.8. The van der Waals surface area contributed by atoms with Gasteiger partial charge in [-0.25, -0.2) is 0 Å². The minimum absolute atomic E-state index is 0.883. The van der Waals surface area contributed by atoms with E-state index in [2.05, 4.69) is 208 Å². The van der Waals surface area contributed by atoms with Crippen molar-refractivity contribution in [1.29, 1.82) is 0 Å². The third-order valence-electron chi connectivity index (χ3n) is 7.14. The molecule has 0 N–H and O–H groups in total. The highest BCUT2D eigenvalue weighted by molar-refractivity contribution is 6.85. The normalized spacial score (nSPS) is 10.4. The molecule has 4 heteroatoms. The predicted octanol–water partition coefficient (Wildman–Crippen LogP) is 10.8. The fraction of sp³-hybridized carbons (Fsp3) is 0.231. The Bertz CT molecular complexity index is 2340. The van der Waals surface area contributed by atoms with Crippen molar-refractivity contribution in [3.8, 4) is 93.2 Å². The maximum Gasteiger partial charge on any atom is 0.129 e. The molecule has 0 saturated heterocycles. The quantitative estimate of drug-likeness (QED) is 0.123. The van der Waals surface area contributed by atoms with E-state index in [1.165, 1.54) is 0 Å². The van der Waals surface area contributed by atoms with Gasteiger partial charge in [0.15, 0.2) is 0 Å². The topological polar surface area (TPSA) is 0 Å².